The molecule has 138 valence electrons. The van der Waals surface area contributed by atoms with Crippen molar-refractivity contribution in [3.63, 3.8) is 0 Å². The molecule has 0 radical (unpaired) electrons. The number of unbranched alkanes of at least 4 members (excludes halogenated alkanes) is 2. The number of hydrogen-bond acceptors (Lipinski definition) is 7. The molecule has 8 nitrogen and oxygen atoms in total. The second-order valence-electron chi connectivity index (χ2n) is 6.27. The average Bonchev–Trinajstić information content (AvgIpc) is 2.72. The van der Waals surface area contributed by atoms with Crippen LogP contribution >= 0.6 is 0 Å². The Morgan fingerprint density at radius 2 is 1.85 bits per heavy atom. The second-order valence-corrected chi connectivity index (χ2v) is 6.27. The van der Waals surface area contributed by atoms with Crippen molar-refractivity contribution >= 4 is 17.7 Å². The van der Waals surface area contributed by atoms with Gasteiger partial charge in [-0.05, 0) is 24.6 Å². The van der Waals surface area contributed by atoms with Crippen LogP contribution in [-0.2, 0) is 0 Å². The molecule has 0 unspecified atom stereocenters. The normalized spacial score (nSPS) is 14.3. The fourth-order valence-corrected chi connectivity index (χ4v) is 2.86. The Kier molecular flexibility index (Phi) is 6.29. The third-order valence-corrected chi connectivity index (χ3v) is 4.37. The number of carbonyl (C=O) groups excluding carboxylic acids is 1. The van der Waals surface area contributed by atoms with Crippen molar-refractivity contribution in [1.29, 1.82) is 0 Å². The van der Waals surface area contributed by atoms with Crippen molar-refractivity contribution in [2.75, 3.05) is 42.9 Å². The molecule has 1 N–H and O–H groups in total. The number of hydrogen-bond donors (Lipinski definition) is 1. The monoisotopic (exact) mass is 355 g/mol. The predicted molar refractivity (Wildman–Crippen MR) is 100 cm³/mol. The van der Waals surface area contributed by atoms with Crippen molar-refractivity contribution in [2.45, 2.75) is 26.2 Å². The molecular formula is C18H25N7O. The topological polar surface area (TPSA) is 87.1 Å². The molecule has 0 spiro atoms. The summed E-state index contributed by atoms with van der Waals surface area (Å²) in [6.45, 7) is 5.71. The van der Waals surface area contributed by atoms with Crippen LogP contribution in [0, 0.1) is 0 Å². The molecule has 1 amide bonds. The van der Waals surface area contributed by atoms with E-state index < -0.39 is 0 Å². The first-order valence-electron chi connectivity index (χ1n) is 9.17. The van der Waals surface area contributed by atoms with Crippen LogP contribution in [0.2, 0.25) is 0 Å². The Morgan fingerprint density at radius 3 is 2.50 bits per heavy atom. The van der Waals surface area contributed by atoms with Gasteiger partial charge in [-0.3, -0.25) is 4.79 Å². The SMILES string of the molecule is CCCCCNc1ccc(C(=O)N2CCN(c3ncccn3)CC2)nn1. The zero-order valence-corrected chi connectivity index (χ0v) is 15.1. The third-order valence-electron chi connectivity index (χ3n) is 4.37. The van der Waals surface area contributed by atoms with Gasteiger partial charge in [-0.25, -0.2) is 9.97 Å². The summed E-state index contributed by atoms with van der Waals surface area (Å²) in [6.07, 6.45) is 6.94. The van der Waals surface area contributed by atoms with E-state index in [2.05, 4.69) is 37.3 Å². The molecule has 2 aromatic heterocycles. The number of anilines is 2. The molecule has 0 aromatic carbocycles. The van der Waals surface area contributed by atoms with Crippen molar-refractivity contribution in [3.05, 3.63) is 36.3 Å². The van der Waals surface area contributed by atoms with E-state index in [1.807, 2.05) is 6.07 Å². The minimum absolute atomic E-state index is 0.0799. The molecule has 0 aliphatic carbocycles. The number of aromatic nitrogens is 4. The second kappa shape index (κ2) is 9.07. The lowest BCUT2D eigenvalue weighted by atomic mass is 10.2. The quantitative estimate of drug-likeness (QED) is 0.758. The summed E-state index contributed by atoms with van der Waals surface area (Å²) >= 11 is 0. The Morgan fingerprint density at radius 1 is 1.08 bits per heavy atom. The van der Waals surface area contributed by atoms with Gasteiger partial charge in [0.05, 0.1) is 0 Å². The molecule has 2 aromatic rings. The average molecular weight is 355 g/mol. The van der Waals surface area contributed by atoms with Gasteiger partial charge in [0.1, 0.15) is 5.82 Å². The van der Waals surface area contributed by atoms with Crippen molar-refractivity contribution in [3.8, 4) is 0 Å². The van der Waals surface area contributed by atoms with Crippen molar-refractivity contribution < 1.29 is 4.79 Å². The van der Waals surface area contributed by atoms with Crippen LogP contribution in [0.25, 0.3) is 0 Å². The predicted octanol–water partition coefficient (Wildman–Crippen LogP) is 1.83. The van der Waals surface area contributed by atoms with Crippen LogP contribution in [0.3, 0.4) is 0 Å². The van der Waals surface area contributed by atoms with E-state index in [4.69, 9.17) is 0 Å². The van der Waals surface area contributed by atoms with Crippen LogP contribution in [0.15, 0.2) is 30.6 Å². The van der Waals surface area contributed by atoms with Crippen molar-refractivity contribution in [2.24, 2.45) is 0 Å². The van der Waals surface area contributed by atoms with E-state index in [1.54, 1.807) is 29.4 Å². The Bertz CT molecular complexity index is 684. The van der Waals surface area contributed by atoms with Gasteiger partial charge in [-0.15, -0.1) is 10.2 Å². The van der Waals surface area contributed by atoms with E-state index in [1.165, 1.54) is 12.8 Å². The first-order valence-corrected chi connectivity index (χ1v) is 9.17. The molecule has 0 atom stereocenters. The minimum Gasteiger partial charge on any atom is -0.369 e. The summed E-state index contributed by atoms with van der Waals surface area (Å²) in [6, 6.07) is 5.36. The van der Waals surface area contributed by atoms with E-state index in [-0.39, 0.29) is 5.91 Å². The molecule has 0 bridgehead atoms. The van der Waals surface area contributed by atoms with E-state index in [0.717, 1.165) is 13.0 Å². The van der Waals surface area contributed by atoms with Crippen molar-refractivity contribution in [1.82, 2.24) is 25.1 Å². The van der Waals surface area contributed by atoms with Crippen LogP contribution in [0.5, 0.6) is 0 Å². The summed E-state index contributed by atoms with van der Waals surface area (Å²) in [5.74, 6) is 1.34. The van der Waals surface area contributed by atoms with Gasteiger partial charge in [0, 0.05) is 45.1 Å². The number of rotatable bonds is 7. The van der Waals surface area contributed by atoms with Crippen LogP contribution in [-0.4, -0.2) is 63.7 Å². The van der Waals surface area contributed by atoms with Crippen LogP contribution in [0.1, 0.15) is 36.7 Å². The lowest BCUT2D eigenvalue weighted by molar-refractivity contribution is 0.0739. The van der Waals surface area contributed by atoms with Crippen LogP contribution < -0.4 is 10.2 Å². The molecule has 1 fully saturated rings. The molecule has 0 saturated carbocycles. The zero-order valence-electron chi connectivity index (χ0n) is 15.1. The summed E-state index contributed by atoms with van der Waals surface area (Å²) < 4.78 is 0. The Balaban J connectivity index is 1.50. The van der Waals surface area contributed by atoms with Crippen LogP contribution in [0.4, 0.5) is 11.8 Å². The maximum absolute atomic E-state index is 12.6. The number of nitrogens with zero attached hydrogens (tertiary/aromatic N) is 6. The highest BCUT2D eigenvalue weighted by Crippen LogP contribution is 2.12. The van der Waals surface area contributed by atoms with Gasteiger partial charge in [0.25, 0.3) is 5.91 Å². The largest absolute Gasteiger partial charge is 0.369 e. The fourth-order valence-electron chi connectivity index (χ4n) is 2.86. The Labute approximate surface area is 153 Å². The smallest absolute Gasteiger partial charge is 0.274 e. The van der Waals surface area contributed by atoms with Gasteiger partial charge in [0.15, 0.2) is 5.69 Å². The molecule has 1 aliphatic rings. The molecule has 26 heavy (non-hydrogen) atoms. The van der Waals surface area contributed by atoms with Gasteiger partial charge in [-0.1, -0.05) is 19.8 Å². The molecule has 1 aliphatic heterocycles. The highest BCUT2D eigenvalue weighted by molar-refractivity contribution is 5.92. The minimum atomic E-state index is -0.0799. The highest BCUT2D eigenvalue weighted by atomic mass is 16.2. The van der Waals surface area contributed by atoms with Gasteiger partial charge >= 0.3 is 0 Å². The third kappa shape index (κ3) is 4.65. The number of nitrogens with one attached hydrogen (secondary N) is 1. The molecule has 3 heterocycles. The first kappa shape index (κ1) is 18.0. The Hall–Kier alpha value is -2.77. The lowest BCUT2D eigenvalue weighted by Crippen LogP contribution is -2.49. The van der Waals surface area contributed by atoms with E-state index in [0.29, 0.717) is 43.6 Å². The first-order chi connectivity index (χ1) is 12.8. The number of carbonyl (C=O) groups is 1. The maximum atomic E-state index is 12.6. The van der Waals surface area contributed by atoms with Gasteiger partial charge in [0.2, 0.25) is 5.95 Å². The van der Waals surface area contributed by atoms with E-state index in [9.17, 15) is 4.79 Å². The highest BCUT2D eigenvalue weighted by Gasteiger charge is 2.24. The van der Waals surface area contributed by atoms with E-state index >= 15 is 0 Å². The summed E-state index contributed by atoms with van der Waals surface area (Å²) in [5.41, 5.74) is 0.383. The zero-order chi connectivity index (χ0) is 18.2. The standard InChI is InChI=1S/C18H25N7O/c1-2-3-4-8-19-16-7-6-15(22-23-16)17(26)24-11-13-25(14-12-24)18-20-9-5-10-21-18/h5-7,9-10H,2-4,8,11-14H2,1H3,(H,19,23). The maximum Gasteiger partial charge on any atom is 0.274 e. The summed E-state index contributed by atoms with van der Waals surface area (Å²) in [5, 5.41) is 11.4. The van der Waals surface area contributed by atoms with Gasteiger partial charge < -0.3 is 15.1 Å². The molecular weight excluding hydrogens is 330 g/mol. The molecule has 3 rings (SSSR count). The summed E-state index contributed by atoms with van der Waals surface area (Å²) in [7, 11) is 0. The molecule has 1 saturated heterocycles. The van der Waals surface area contributed by atoms with Gasteiger partial charge in [-0.2, -0.15) is 0 Å². The summed E-state index contributed by atoms with van der Waals surface area (Å²) in [4.78, 5) is 25.0. The number of piperazine rings is 1. The molecule has 8 heteroatoms. The number of amides is 1. The lowest BCUT2D eigenvalue weighted by Gasteiger charge is -2.34. The fraction of sp³-hybridized carbons (Fsp3) is 0.500.